The van der Waals surface area contributed by atoms with Crippen LogP contribution in [0.15, 0.2) is 97.1 Å². The molecule has 4 heteroatoms. The normalized spacial score (nSPS) is 13.5. The zero-order valence-corrected chi connectivity index (χ0v) is 20.0. The second-order valence-corrected chi connectivity index (χ2v) is 9.80. The second-order valence-electron chi connectivity index (χ2n) is 9.80. The van der Waals surface area contributed by atoms with Crippen LogP contribution >= 0.6 is 0 Å². The van der Waals surface area contributed by atoms with Gasteiger partial charge in [-0.25, -0.2) is 0 Å². The third-order valence-corrected chi connectivity index (χ3v) is 6.34. The molecule has 0 fully saturated rings. The summed E-state index contributed by atoms with van der Waals surface area (Å²) in [6.45, 7) is 7.28. The highest BCUT2D eigenvalue weighted by atomic mass is 16.3. The first-order valence-corrected chi connectivity index (χ1v) is 11.6. The Morgan fingerprint density at radius 2 is 0.647 bits per heavy atom. The summed E-state index contributed by atoms with van der Waals surface area (Å²) >= 11 is 0. The zero-order valence-electron chi connectivity index (χ0n) is 20.0. The molecule has 1 heterocycles. The molecule has 4 aromatic carbocycles. The zero-order chi connectivity index (χ0) is 24.1. The molecule has 4 nitrogen and oxygen atoms in total. The Morgan fingerprint density at radius 1 is 0.412 bits per heavy atom. The van der Waals surface area contributed by atoms with Gasteiger partial charge in [-0.15, -0.1) is 0 Å². The number of nitrogens with zero attached hydrogens (tertiary/aromatic N) is 2. The third-order valence-electron chi connectivity index (χ3n) is 6.34. The lowest BCUT2D eigenvalue weighted by Crippen LogP contribution is -2.28. The van der Waals surface area contributed by atoms with Gasteiger partial charge in [0.25, 0.3) is 0 Å². The minimum Gasteiger partial charge on any atom is -0.386 e. The van der Waals surface area contributed by atoms with Crippen LogP contribution in [0.1, 0.15) is 38.8 Å². The maximum Gasteiger partial charge on any atom is 0.0860 e. The summed E-state index contributed by atoms with van der Waals surface area (Å²) in [6.07, 6.45) is 0. The molecule has 0 aromatic heterocycles. The summed E-state index contributed by atoms with van der Waals surface area (Å²) in [6, 6.07) is 32.6. The lowest BCUT2D eigenvalue weighted by Gasteiger charge is -2.42. The van der Waals surface area contributed by atoms with Gasteiger partial charge in [0.2, 0.25) is 0 Å². The summed E-state index contributed by atoms with van der Waals surface area (Å²) in [5.74, 6) is 0. The minimum atomic E-state index is -1.01. The number of hydrogen-bond acceptors (Lipinski definition) is 4. The first-order chi connectivity index (χ1) is 16.2. The maximum absolute atomic E-state index is 11.0. The summed E-state index contributed by atoms with van der Waals surface area (Å²) in [5, 5.41) is 22.0. The predicted octanol–water partition coefficient (Wildman–Crippen LogP) is 7.39. The van der Waals surface area contributed by atoms with E-state index in [-0.39, 0.29) is 0 Å². The van der Waals surface area contributed by atoms with E-state index < -0.39 is 11.2 Å². The topological polar surface area (TPSA) is 46.9 Å². The van der Waals surface area contributed by atoms with Crippen LogP contribution in [0.2, 0.25) is 0 Å². The van der Waals surface area contributed by atoms with Gasteiger partial charge < -0.3 is 20.0 Å². The van der Waals surface area contributed by atoms with Gasteiger partial charge in [-0.2, -0.15) is 0 Å². The van der Waals surface area contributed by atoms with Crippen LogP contribution in [0.4, 0.5) is 34.1 Å². The van der Waals surface area contributed by atoms with Crippen LogP contribution in [-0.2, 0) is 11.2 Å². The Labute approximate surface area is 201 Å². The quantitative estimate of drug-likeness (QED) is 0.300. The third kappa shape index (κ3) is 3.65. The van der Waals surface area contributed by atoms with E-state index in [0.29, 0.717) is 0 Å². The van der Waals surface area contributed by atoms with Gasteiger partial charge in [0.15, 0.2) is 0 Å². The maximum atomic E-state index is 11.0. The van der Waals surface area contributed by atoms with Gasteiger partial charge >= 0.3 is 0 Å². The van der Waals surface area contributed by atoms with Crippen molar-refractivity contribution in [3.05, 3.63) is 108 Å². The highest BCUT2D eigenvalue weighted by molar-refractivity contribution is 6.02. The highest BCUT2D eigenvalue weighted by Crippen LogP contribution is 2.55. The van der Waals surface area contributed by atoms with E-state index in [4.69, 9.17) is 0 Å². The summed E-state index contributed by atoms with van der Waals surface area (Å²) in [4.78, 5) is 4.45. The summed E-state index contributed by atoms with van der Waals surface area (Å²) < 4.78 is 0. The van der Waals surface area contributed by atoms with E-state index in [1.807, 2.05) is 88.4 Å². The Kier molecular flexibility index (Phi) is 5.23. The monoisotopic (exact) mass is 450 g/mol. The van der Waals surface area contributed by atoms with Crippen LogP contribution in [0.25, 0.3) is 0 Å². The fraction of sp³-hybridized carbons (Fsp3) is 0.200. The number of fused-ring (bicyclic) bond motifs is 2. The molecule has 0 saturated heterocycles. The van der Waals surface area contributed by atoms with E-state index in [1.54, 1.807) is 0 Å². The fourth-order valence-corrected chi connectivity index (χ4v) is 4.84. The molecular formula is C30H30N2O2. The molecule has 0 bridgehead atoms. The number of rotatable bonds is 4. The molecule has 0 atom stereocenters. The van der Waals surface area contributed by atoms with Crippen molar-refractivity contribution in [1.82, 2.24) is 0 Å². The van der Waals surface area contributed by atoms with Crippen molar-refractivity contribution < 1.29 is 10.2 Å². The molecule has 4 aromatic rings. The van der Waals surface area contributed by atoms with Crippen LogP contribution < -0.4 is 9.80 Å². The number of benzene rings is 4. The van der Waals surface area contributed by atoms with Crippen molar-refractivity contribution >= 4 is 34.1 Å². The van der Waals surface area contributed by atoms with E-state index in [0.717, 1.165) is 45.3 Å². The first kappa shape index (κ1) is 22.2. The molecule has 1 aliphatic heterocycles. The van der Waals surface area contributed by atoms with Gasteiger partial charge in [0, 0.05) is 11.1 Å². The van der Waals surface area contributed by atoms with Gasteiger partial charge in [-0.05, 0) is 64.1 Å². The number of hydrogen-bond donors (Lipinski definition) is 2. The van der Waals surface area contributed by atoms with Crippen molar-refractivity contribution in [2.45, 2.75) is 38.9 Å². The molecule has 5 rings (SSSR count). The summed E-state index contributed by atoms with van der Waals surface area (Å²) in [7, 11) is 0. The van der Waals surface area contributed by atoms with Crippen molar-refractivity contribution in [3.8, 4) is 0 Å². The molecule has 0 saturated carbocycles. The fourth-order valence-electron chi connectivity index (χ4n) is 4.84. The average molecular weight is 451 g/mol. The molecule has 0 amide bonds. The Morgan fingerprint density at radius 3 is 0.912 bits per heavy atom. The molecule has 34 heavy (non-hydrogen) atoms. The lowest BCUT2D eigenvalue weighted by molar-refractivity contribution is 0.0786. The van der Waals surface area contributed by atoms with Gasteiger partial charge in [0.1, 0.15) is 0 Å². The number of aliphatic hydroxyl groups is 2. The van der Waals surface area contributed by atoms with E-state index in [1.165, 1.54) is 0 Å². The summed E-state index contributed by atoms with van der Waals surface area (Å²) in [5.41, 5.74) is 5.57. The van der Waals surface area contributed by atoms with Crippen LogP contribution in [-0.4, -0.2) is 10.2 Å². The molecule has 1 aliphatic rings. The van der Waals surface area contributed by atoms with Crippen molar-refractivity contribution in [3.63, 3.8) is 0 Å². The van der Waals surface area contributed by atoms with Crippen LogP contribution in [0, 0.1) is 0 Å². The SMILES string of the molecule is CC(C)(O)c1ccccc1N1c2ccccc2N(c2ccccc2C(C)(C)O)c2ccccc21. The standard InChI is InChI=1S/C30H30N2O2/c1-29(2,33)21-13-5-7-15-23(21)31-25-17-9-11-19-27(25)32(28-20-12-10-18-26(28)31)24-16-8-6-14-22(24)30(3,4)34/h5-20,33-34H,1-4H3. The Hall–Kier alpha value is -3.60. The number of anilines is 6. The molecule has 0 spiro atoms. The number of para-hydroxylation sites is 6. The first-order valence-electron chi connectivity index (χ1n) is 11.6. The van der Waals surface area contributed by atoms with E-state index >= 15 is 0 Å². The van der Waals surface area contributed by atoms with Crippen molar-refractivity contribution in [2.24, 2.45) is 0 Å². The molecule has 0 unspecified atom stereocenters. The molecular weight excluding hydrogens is 420 g/mol. The Bertz CT molecular complexity index is 1200. The highest BCUT2D eigenvalue weighted by Gasteiger charge is 2.34. The van der Waals surface area contributed by atoms with Gasteiger partial charge in [-0.3, -0.25) is 0 Å². The Balaban J connectivity index is 1.82. The molecule has 2 N–H and O–H groups in total. The van der Waals surface area contributed by atoms with Crippen LogP contribution in [0.5, 0.6) is 0 Å². The van der Waals surface area contributed by atoms with Crippen molar-refractivity contribution in [1.29, 1.82) is 0 Å². The van der Waals surface area contributed by atoms with E-state index in [9.17, 15) is 10.2 Å². The van der Waals surface area contributed by atoms with Gasteiger partial charge in [0.05, 0.1) is 45.3 Å². The van der Waals surface area contributed by atoms with Crippen LogP contribution in [0.3, 0.4) is 0 Å². The lowest BCUT2D eigenvalue weighted by atomic mass is 9.93. The smallest absolute Gasteiger partial charge is 0.0860 e. The predicted molar refractivity (Wildman–Crippen MR) is 140 cm³/mol. The molecule has 0 aliphatic carbocycles. The molecule has 172 valence electrons. The largest absolute Gasteiger partial charge is 0.386 e. The second kappa shape index (κ2) is 8.01. The van der Waals surface area contributed by atoms with E-state index in [2.05, 4.69) is 46.2 Å². The minimum absolute atomic E-state index is 0.852. The molecule has 0 radical (unpaired) electrons. The average Bonchev–Trinajstić information content (AvgIpc) is 2.81. The van der Waals surface area contributed by atoms with Gasteiger partial charge in [-0.1, -0.05) is 60.7 Å². The van der Waals surface area contributed by atoms with Crippen molar-refractivity contribution in [2.75, 3.05) is 9.80 Å².